The highest BCUT2D eigenvalue weighted by Gasteiger charge is 2.34. The van der Waals surface area contributed by atoms with Crippen molar-refractivity contribution in [1.82, 2.24) is 19.9 Å². The summed E-state index contributed by atoms with van der Waals surface area (Å²) in [4.78, 5) is 28.5. The van der Waals surface area contributed by atoms with E-state index in [1.54, 1.807) is 11.3 Å². The molecule has 3 heterocycles. The maximum absolute atomic E-state index is 12.7. The van der Waals surface area contributed by atoms with E-state index < -0.39 is 0 Å². The van der Waals surface area contributed by atoms with Gasteiger partial charge in [0.15, 0.2) is 5.13 Å². The Balaban J connectivity index is 1.46. The molecule has 0 aromatic carbocycles. The van der Waals surface area contributed by atoms with E-state index in [0.29, 0.717) is 5.91 Å². The molecule has 1 N–H and O–H groups in total. The minimum Gasteiger partial charge on any atom is -0.342 e. The van der Waals surface area contributed by atoms with Crippen molar-refractivity contribution in [1.29, 1.82) is 0 Å². The van der Waals surface area contributed by atoms with Crippen molar-refractivity contribution < 1.29 is 4.79 Å². The molecule has 1 unspecified atom stereocenters. The average molecular weight is 372 g/mol. The van der Waals surface area contributed by atoms with Crippen molar-refractivity contribution in [3.05, 3.63) is 28.7 Å². The van der Waals surface area contributed by atoms with E-state index in [1.165, 1.54) is 12.8 Å². The van der Waals surface area contributed by atoms with Gasteiger partial charge in [-0.15, -0.1) is 11.3 Å². The number of carbonyl (C=O) groups excluding carboxylic acids is 1. The van der Waals surface area contributed by atoms with E-state index in [4.69, 9.17) is 4.98 Å². The van der Waals surface area contributed by atoms with Crippen LogP contribution < -0.4 is 5.32 Å². The Morgan fingerprint density at radius 3 is 2.69 bits per heavy atom. The normalized spacial score (nSPS) is 20.7. The van der Waals surface area contributed by atoms with Crippen LogP contribution in [0.4, 0.5) is 10.9 Å². The third-order valence-electron chi connectivity index (χ3n) is 5.30. The summed E-state index contributed by atoms with van der Waals surface area (Å²) in [6.07, 6.45) is 5.45. The first-order valence-electron chi connectivity index (χ1n) is 9.42. The lowest BCUT2D eigenvalue weighted by molar-refractivity contribution is -0.134. The largest absolute Gasteiger partial charge is 0.342 e. The lowest BCUT2D eigenvalue weighted by Gasteiger charge is -2.20. The summed E-state index contributed by atoms with van der Waals surface area (Å²) in [5.74, 6) is 2.43. The van der Waals surface area contributed by atoms with Crippen LogP contribution in [0.2, 0.25) is 0 Å². The molecule has 1 amide bonds. The van der Waals surface area contributed by atoms with Gasteiger partial charge in [-0.2, -0.15) is 0 Å². The van der Waals surface area contributed by atoms with Gasteiger partial charge in [0, 0.05) is 42.1 Å². The third kappa shape index (κ3) is 3.72. The molecule has 138 valence electrons. The van der Waals surface area contributed by atoms with Crippen LogP contribution in [0.1, 0.15) is 55.2 Å². The van der Waals surface area contributed by atoms with Gasteiger partial charge in [0.2, 0.25) is 5.91 Å². The molecule has 4 rings (SSSR count). The van der Waals surface area contributed by atoms with Gasteiger partial charge in [-0.25, -0.2) is 15.0 Å². The van der Waals surface area contributed by atoms with Crippen molar-refractivity contribution >= 4 is 28.2 Å². The molecule has 2 fully saturated rings. The van der Waals surface area contributed by atoms with Gasteiger partial charge in [0.1, 0.15) is 11.6 Å². The Morgan fingerprint density at radius 1 is 1.15 bits per heavy atom. The van der Waals surface area contributed by atoms with Gasteiger partial charge in [0.25, 0.3) is 0 Å². The zero-order valence-electron chi connectivity index (χ0n) is 15.4. The van der Waals surface area contributed by atoms with Crippen LogP contribution in [-0.4, -0.2) is 38.8 Å². The Bertz CT molecular complexity index is 799. The number of likely N-dealkylation sites (tertiary alicyclic amines) is 1. The van der Waals surface area contributed by atoms with E-state index in [1.807, 2.05) is 30.2 Å². The van der Waals surface area contributed by atoms with Crippen LogP contribution in [0.25, 0.3) is 0 Å². The van der Waals surface area contributed by atoms with Crippen LogP contribution in [0.3, 0.4) is 0 Å². The average Bonchev–Trinajstić information content (AvgIpc) is 3.36. The topological polar surface area (TPSA) is 71.0 Å². The summed E-state index contributed by atoms with van der Waals surface area (Å²) in [7, 11) is 0. The molecule has 26 heavy (non-hydrogen) atoms. The third-order valence-corrected chi connectivity index (χ3v) is 6.17. The highest BCUT2D eigenvalue weighted by molar-refractivity contribution is 7.13. The number of anilines is 2. The number of nitrogens with one attached hydrogen (secondary N) is 1. The Morgan fingerprint density at radius 2 is 1.96 bits per heavy atom. The molecule has 0 radical (unpaired) electrons. The lowest BCUT2D eigenvalue weighted by atomic mass is 10.1. The maximum atomic E-state index is 12.7. The molecular formula is C19H25N5OS. The molecule has 0 spiro atoms. The zero-order chi connectivity index (χ0) is 18.1. The molecular weight excluding hydrogens is 346 g/mol. The standard InChI is InChI=1S/C19H25N5OS/c1-12-9-16(23-19-21-13(2)11-26-19)22-17(20-12)15-7-8-24(10-15)18(25)14-5-3-4-6-14/h9,11,14-15H,3-8,10H2,1-2H3,(H,20,21,22,23). The molecule has 1 saturated heterocycles. The molecule has 6 nitrogen and oxygen atoms in total. The molecule has 2 aromatic heterocycles. The minimum atomic E-state index is 0.221. The summed E-state index contributed by atoms with van der Waals surface area (Å²) in [5.41, 5.74) is 1.94. The van der Waals surface area contributed by atoms with Crippen LogP contribution in [-0.2, 0) is 4.79 Å². The summed E-state index contributed by atoms with van der Waals surface area (Å²) in [5, 5.41) is 6.14. The predicted octanol–water partition coefficient (Wildman–Crippen LogP) is 3.80. The molecule has 2 aromatic rings. The maximum Gasteiger partial charge on any atom is 0.225 e. The van der Waals surface area contributed by atoms with Gasteiger partial charge in [-0.3, -0.25) is 4.79 Å². The number of hydrogen-bond donors (Lipinski definition) is 1. The first-order valence-corrected chi connectivity index (χ1v) is 10.3. The van der Waals surface area contributed by atoms with Crippen LogP contribution >= 0.6 is 11.3 Å². The summed E-state index contributed by atoms with van der Waals surface area (Å²) < 4.78 is 0. The van der Waals surface area contributed by atoms with Gasteiger partial charge in [0.05, 0.1) is 5.69 Å². The van der Waals surface area contributed by atoms with E-state index >= 15 is 0 Å². The van der Waals surface area contributed by atoms with Crippen molar-refractivity contribution in [2.45, 2.75) is 51.9 Å². The Labute approximate surface area is 158 Å². The van der Waals surface area contributed by atoms with Gasteiger partial charge in [-0.1, -0.05) is 12.8 Å². The summed E-state index contributed by atoms with van der Waals surface area (Å²) >= 11 is 1.57. The zero-order valence-corrected chi connectivity index (χ0v) is 16.2. The first kappa shape index (κ1) is 17.4. The second-order valence-electron chi connectivity index (χ2n) is 7.42. The number of nitrogens with zero attached hydrogens (tertiary/aromatic N) is 4. The van der Waals surface area contributed by atoms with Crippen LogP contribution in [0, 0.1) is 19.8 Å². The summed E-state index contributed by atoms with van der Waals surface area (Å²) in [6.45, 7) is 5.53. The molecule has 7 heteroatoms. The molecule has 0 bridgehead atoms. The van der Waals surface area contributed by atoms with Crippen molar-refractivity contribution in [3.8, 4) is 0 Å². The number of amides is 1. The van der Waals surface area contributed by atoms with E-state index in [2.05, 4.69) is 15.3 Å². The Hall–Kier alpha value is -2.02. The number of aromatic nitrogens is 3. The lowest BCUT2D eigenvalue weighted by Crippen LogP contribution is -2.33. The highest BCUT2D eigenvalue weighted by Crippen LogP contribution is 2.32. The molecule has 1 saturated carbocycles. The fourth-order valence-corrected chi connectivity index (χ4v) is 4.66. The second kappa shape index (κ2) is 7.31. The second-order valence-corrected chi connectivity index (χ2v) is 8.28. The quantitative estimate of drug-likeness (QED) is 0.885. The fourth-order valence-electron chi connectivity index (χ4n) is 3.96. The van der Waals surface area contributed by atoms with Crippen molar-refractivity contribution in [2.75, 3.05) is 18.4 Å². The van der Waals surface area contributed by atoms with E-state index in [-0.39, 0.29) is 11.8 Å². The molecule has 2 aliphatic rings. The van der Waals surface area contributed by atoms with Gasteiger partial charge < -0.3 is 10.2 Å². The van der Waals surface area contributed by atoms with Gasteiger partial charge >= 0.3 is 0 Å². The smallest absolute Gasteiger partial charge is 0.225 e. The highest BCUT2D eigenvalue weighted by atomic mass is 32.1. The predicted molar refractivity (Wildman–Crippen MR) is 103 cm³/mol. The van der Waals surface area contributed by atoms with Gasteiger partial charge in [-0.05, 0) is 33.1 Å². The first-order chi connectivity index (χ1) is 12.6. The number of rotatable bonds is 4. The molecule has 1 aliphatic heterocycles. The summed E-state index contributed by atoms with van der Waals surface area (Å²) in [6, 6.07) is 1.94. The SMILES string of the molecule is Cc1cc(Nc2nc(C)cs2)nc(C2CCN(C(=O)C3CCCC3)C2)n1. The van der Waals surface area contributed by atoms with Crippen LogP contribution in [0.5, 0.6) is 0 Å². The van der Waals surface area contributed by atoms with Crippen LogP contribution in [0.15, 0.2) is 11.4 Å². The minimum absolute atomic E-state index is 0.221. The Kier molecular flexibility index (Phi) is 4.89. The fraction of sp³-hybridized carbons (Fsp3) is 0.579. The monoisotopic (exact) mass is 371 g/mol. The van der Waals surface area contributed by atoms with E-state index in [9.17, 15) is 4.79 Å². The van der Waals surface area contributed by atoms with E-state index in [0.717, 1.165) is 60.5 Å². The molecule has 1 atom stereocenters. The number of aryl methyl sites for hydroxylation is 2. The molecule has 1 aliphatic carbocycles. The van der Waals surface area contributed by atoms with Crippen molar-refractivity contribution in [2.24, 2.45) is 5.92 Å². The number of carbonyl (C=O) groups is 1. The van der Waals surface area contributed by atoms with Crippen molar-refractivity contribution in [3.63, 3.8) is 0 Å². The number of thiazole rings is 1. The number of hydrogen-bond acceptors (Lipinski definition) is 6.